The first kappa shape index (κ1) is 16.7. The summed E-state index contributed by atoms with van der Waals surface area (Å²) in [6, 6.07) is 10.8. The van der Waals surface area contributed by atoms with Gasteiger partial charge in [-0.2, -0.15) is 0 Å². The van der Waals surface area contributed by atoms with Crippen molar-refractivity contribution < 1.29 is 0 Å². The van der Waals surface area contributed by atoms with Crippen LogP contribution in [0.25, 0.3) is 21.3 Å². The summed E-state index contributed by atoms with van der Waals surface area (Å²) in [5.41, 5.74) is 10.3. The molecule has 2 aromatic heterocycles. The fraction of sp³-hybridized carbons (Fsp3) is 0.278. The van der Waals surface area contributed by atoms with Gasteiger partial charge in [-0.3, -0.25) is 14.3 Å². The lowest BCUT2D eigenvalue weighted by molar-refractivity contribution is 0.462. The molecule has 0 bridgehead atoms. The smallest absolute Gasteiger partial charge is 0.261 e. The van der Waals surface area contributed by atoms with Gasteiger partial charge in [0.25, 0.3) is 5.56 Å². The molecule has 0 spiro atoms. The van der Waals surface area contributed by atoms with E-state index in [0.29, 0.717) is 23.3 Å². The average Bonchev–Trinajstić information content (AvgIpc) is 2.63. The molecule has 1 atom stereocenters. The summed E-state index contributed by atoms with van der Waals surface area (Å²) in [5.74, 6) is 0.459. The van der Waals surface area contributed by atoms with Crippen LogP contribution in [0.1, 0.15) is 31.3 Å². The Kier molecular flexibility index (Phi) is 4.77. The minimum absolute atomic E-state index is 0.000977. The summed E-state index contributed by atoms with van der Waals surface area (Å²) < 4.78 is 1.59. The van der Waals surface area contributed by atoms with Crippen LogP contribution in [-0.2, 0) is 6.54 Å². The monoisotopic (exact) mass is 334 g/mol. The van der Waals surface area contributed by atoms with Gasteiger partial charge in [-0.05, 0) is 23.1 Å². The van der Waals surface area contributed by atoms with Gasteiger partial charge in [0.1, 0.15) is 5.82 Å². The van der Waals surface area contributed by atoms with Crippen molar-refractivity contribution in [1.29, 1.82) is 0 Å². The quantitative estimate of drug-likeness (QED) is 0.402. The molecule has 0 radical (unpaired) electrons. The van der Waals surface area contributed by atoms with Crippen molar-refractivity contribution in [3.8, 4) is 0 Å². The minimum Gasteiger partial charge on any atom is -0.291 e. The molecule has 126 valence electrons. The van der Waals surface area contributed by atoms with E-state index in [1.165, 1.54) is 0 Å². The number of aromatic nitrogens is 3. The highest BCUT2D eigenvalue weighted by Gasteiger charge is 2.22. The molecule has 0 aliphatic rings. The largest absolute Gasteiger partial charge is 0.291 e. The molecule has 3 aromatic rings. The predicted molar refractivity (Wildman–Crippen MR) is 96.1 cm³/mol. The van der Waals surface area contributed by atoms with E-state index in [1.807, 2.05) is 44.2 Å². The van der Waals surface area contributed by atoms with Crippen LogP contribution in [0.2, 0.25) is 0 Å². The van der Waals surface area contributed by atoms with Crippen molar-refractivity contribution in [2.75, 3.05) is 0 Å². The summed E-state index contributed by atoms with van der Waals surface area (Å²) in [6.07, 6.45) is 3.13. The standard InChI is InChI=1S/C18H18N6O/c1-12(2)16(22-23-19)17-21-15-10-20-9-8-14(15)18(25)24(17)11-13-6-4-3-5-7-13/h3-10,12,16H,11H2,1-2H3. The van der Waals surface area contributed by atoms with Crippen LogP contribution in [-0.4, -0.2) is 14.5 Å². The normalized spacial score (nSPS) is 12.1. The zero-order valence-corrected chi connectivity index (χ0v) is 14.1. The Hall–Kier alpha value is -3.18. The van der Waals surface area contributed by atoms with Crippen molar-refractivity contribution in [1.82, 2.24) is 14.5 Å². The molecular weight excluding hydrogens is 316 g/mol. The van der Waals surface area contributed by atoms with Gasteiger partial charge in [-0.25, -0.2) is 4.98 Å². The Labute approximate surface area is 144 Å². The van der Waals surface area contributed by atoms with E-state index in [9.17, 15) is 4.79 Å². The lowest BCUT2D eigenvalue weighted by Gasteiger charge is -2.20. The van der Waals surface area contributed by atoms with Crippen LogP contribution in [0.5, 0.6) is 0 Å². The van der Waals surface area contributed by atoms with Gasteiger partial charge in [0.05, 0.1) is 29.7 Å². The van der Waals surface area contributed by atoms with Gasteiger partial charge in [0.2, 0.25) is 0 Å². The lowest BCUT2D eigenvalue weighted by Crippen LogP contribution is -2.28. The summed E-state index contributed by atoms with van der Waals surface area (Å²) in [5, 5.41) is 4.38. The molecule has 0 N–H and O–H groups in total. The lowest BCUT2D eigenvalue weighted by atomic mass is 10.0. The molecule has 0 amide bonds. The first-order valence-corrected chi connectivity index (χ1v) is 8.04. The van der Waals surface area contributed by atoms with E-state index in [1.54, 1.807) is 23.0 Å². The highest BCUT2D eigenvalue weighted by atomic mass is 16.1. The third-order valence-corrected chi connectivity index (χ3v) is 4.04. The first-order valence-electron chi connectivity index (χ1n) is 8.04. The zero-order chi connectivity index (χ0) is 17.8. The molecule has 0 aliphatic heterocycles. The Morgan fingerprint density at radius 2 is 2.00 bits per heavy atom. The second-order valence-corrected chi connectivity index (χ2v) is 6.13. The molecule has 0 fully saturated rings. The minimum atomic E-state index is -0.536. The SMILES string of the molecule is CC(C)C(N=[N+]=[N-])c1nc2cnccc2c(=O)n1Cc1ccccc1. The van der Waals surface area contributed by atoms with Crippen molar-refractivity contribution in [2.24, 2.45) is 11.0 Å². The van der Waals surface area contributed by atoms with Crippen molar-refractivity contribution in [2.45, 2.75) is 26.4 Å². The van der Waals surface area contributed by atoms with Gasteiger partial charge in [-0.1, -0.05) is 49.3 Å². The first-order chi connectivity index (χ1) is 12.1. The summed E-state index contributed by atoms with van der Waals surface area (Å²) in [4.78, 5) is 24.6. The van der Waals surface area contributed by atoms with Crippen LogP contribution in [0.3, 0.4) is 0 Å². The average molecular weight is 334 g/mol. The number of pyridine rings is 1. The number of azide groups is 1. The Balaban J connectivity index is 2.27. The van der Waals surface area contributed by atoms with E-state index in [-0.39, 0.29) is 11.5 Å². The van der Waals surface area contributed by atoms with Gasteiger partial charge in [0, 0.05) is 11.1 Å². The molecule has 2 heterocycles. The van der Waals surface area contributed by atoms with E-state index in [0.717, 1.165) is 5.56 Å². The molecule has 25 heavy (non-hydrogen) atoms. The van der Waals surface area contributed by atoms with Crippen LogP contribution < -0.4 is 5.56 Å². The van der Waals surface area contributed by atoms with Crippen LogP contribution >= 0.6 is 0 Å². The highest BCUT2D eigenvalue weighted by Crippen LogP contribution is 2.25. The molecule has 0 saturated heterocycles. The number of nitrogens with zero attached hydrogens (tertiary/aromatic N) is 6. The summed E-state index contributed by atoms with van der Waals surface area (Å²) >= 11 is 0. The van der Waals surface area contributed by atoms with Crippen LogP contribution in [0, 0.1) is 5.92 Å². The van der Waals surface area contributed by atoms with Gasteiger partial charge in [0.15, 0.2) is 0 Å². The topological polar surface area (TPSA) is 96.5 Å². The predicted octanol–water partition coefficient (Wildman–Crippen LogP) is 3.85. The van der Waals surface area contributed by atoms with E-state index < -0.39 is 6.04 Å². The zero-order valence-electron chi connectivity index (χ0n) is 14.1. The summed E-state index contributed by atoms with van der Waals surface area (Å²) in [7, 11) is 0. The summed E-state index contributed by atoms with van der Waals surface area (Å²) in [6.45, 7) is 4.24. The Morgan fingerprint density at radius 1 is 1.24 bits per heavy atom. The van der Waals surface area contributed by atoms with Crippen LogP contribution in [0.15, 0.2) is 58.7 Å². The Bertz CT molecular complexity index is 989. The number of benzene rings is 1. The van der Waals surface area contributed by atoms with Crippen molar-refractivity contribution in [3.63, 3.8) is 0 Å². The molecule has 1 aromatic carbocycles. The molecule has 7 heteroatoms. The highest BCUT2D eigenvalue weighted by molar-refractivity contribution is 5.76. The van der Waals surface area contributed by atoms with E-state index in [4.69, 9.17) is 5.53 Å². The third kappa shape index (κ3) is 3.36. The van der Waals surface area contributed by atoms with Crippen LogP contribution in [0.4, 0.5) is 0 Å². The molecule has 0 saturated carbocycles. The maximum Gasteiger partial charge on any atom is 0.261 e. The fourth-order valence-corrected chi connectivity index (χ4v) is 2.77. The molecule has 0 aliphatic carbocycles. The van der Waals surface area contributed by atoms with Gasteiger partial charge in [-0.15, -0.1) is 0 Å². The maximum absolute atomic E-state index is 13.0. The number of fused-ring (bicyclic) bond motifs is 1. The molecular formula is C18H18N6O. The molecule has 1 unspecified atom stereocenters. The van der Waals surface area contributed by atoms with E-state index >= 15 is 0 Å². The van der Waals surface area contributed by atoms with Gasteiger partial charge >= 0.3 is 0 Å². The second kappa shape index (κ2) is 7.15. The van der Waals surface area contributed by atoms with Gasteiger partial charge < -0.3 is 0 Å². The number of hydrogen-bond acceptors (Lipinski definition) is 4. The third-order valence-electron chi connectivity index (χ3n) is 4.04. The number of hydrogen-bond donors (Lipinski definition) is 0. The molecule has 7 nitrogen and oxygen atoms in total. The number of rotatable bonds is 5. The fourth-order valence-electron chi connectivity index (χ4n) is 2.77. The second-order valence-electron chi connectivity index (χ2n) is 6.13. The van der Waals surface area contributed by atoms with E-state index in [2.05, 4.69) is 20.0 Å². The van der Waals surface area contributed by atoms with Crippen molar-refractivity contribution in [3.05, 3.63) is 81.0 Å². The van der Waals surface area contributed by atoms with Crippen molar-refractivity contribution >= 4 is 10.9 Å². The molecule has 3 rings (SSSR count). The maximum atomic E-state index is 13.0. The Morgan fingerprint density at radius 3 is 2.68 bits per heavy atom.